The number of nitrogens with two attached hydrogens (primary N) is 1. The number of rotatable bonds is 11. The SMILES string of the molecule is CCCN1C(C=Cc2ccc(N(CN)CC(C)=N)c(OC)c2)C(CC)CCCC(=O)N1c1ccc(C)cc1. The molecule has 0 radical (unpaired) electrons. The fraction of sp³-hybridized carbons (Fsp3) is 0.484. The lowest BCUT2D eigenvalue weighted by Crippen LogP contribution is -2.55. The molecule has 38 heavy (non-hydrogen) atoms. The standard InChI is InChI=1S/C31H45N5O2/c1-6-19-35-28(17-13-25-14-18-29(30(20-25)38-5)34(22-32)21-24(4)33)26(7-2)9-8-10-31(37)36(35)27-15-11-23(3)12-16-27/h11-18,20,26,28,33H,6-10,19,21-22,32H2,1-5H3. The third-order valence-corrected chi connectivity index (χ3v) is 7.22. The van der Waals surface area contributed by atoms with Gasteiger partial charge in [0.25, 0.3) is 0 Å². The van der Waals surface area contributed by atoms with Gasteiger partial charge in [-0.2, -0.15) is 0 Å². The maximum Gasteiger partial charge on any atom is 0.241 e. The van der Waals surface area contributed by atoms with Crippen LogP contribution in [-0.4, -0.2) is 49.5 Å². The van der Waals surface area contributed by atoms with Crippen molar-refractivity contribution in [1.29, 1.82) is 5.41 Å². The lowest BCUT2D eigenvalue weighted by atomic mass is 9.88. The molecule has 2 atom stereocenters. The lowest BCUT2D eigenvalue weighted by molar-refractivity contribution is -0.123. The van der Waals surface area contributed by atoms with Gasteiger partial charge in [-0.05, 0) is 68.9 Å². The molecule has 206 valence electrons. The van der Waals surface area contributed by atoms with Crippen LogP contribution >= 0.6 is 0 Å². The number of amides is 1. The smallest absolute Gasteiger partial charge is 0.241 e. The minimum atomic E-state index is 0.0808. The molecule has 2 aromatic rings. The van der Waals surface area contributed by atoms with Crippen molar-refractivity contribution in [1.82, 2.24) is 5.01 Å². The first kappa shape index (κ1) is 29.4. The predicted octanol–water partition coefficient (Wildman–Crippen LogP) is 6.02. The molecule has 0 aliphatic carbocycles. The topological polar surface area (TPSA) is 85.9 Å². The van der Waals surface area contributed by atoms with Gasteiger partial charge in [0.15, 0.2) is 0 Å². The van der Waals surface area contributed by atoms with Crippen LogP contribution in [0.2, 0.25) is 0 Å². The van der Waals surface area contributed by atoms with Gasteiger partial charge in [-0.25, -0.2) is 10.0 Å². The number of aryl methyl sites for hydroxylation is 1. The maximum atomic E-state index is 13.5. The molecule has 7 heteroatoms. The highest BCUT2D eigenvalue weighted by molar-refractivity contribution is 5.92. The summed E-state index contributed by atoms with van der Waals surface area (Å²) in [6.45, 7) is 9.81. The van der Waals surface area contributed by atoms with Crippen LogP contribution in [-0.2, 0) is 4.79 Å². The second-order valence-electron chi connectivity index (χ2n) is 10.2. The summed E-state index contributed by atoms with van der Waals surface area (Å²) in [5.41, 5.74) is 10.5. The summed E-state index contributed by atoms with van der Waals surface area (Å²) in [4.78, 5) is 15.4. The number of nitrogens with zero attached hydrogens (tertiary/aromatic N) is 3. The monoisotopic (exact) mass is 519 g/mol. The second-order valence-corrected chi connectivity index (χ2v) is 10.2. The van der Waals surface area contributed by atoms with E-state index in [0.717, 1.165) is 54.9 Å². The summed E-state index contributed by atoms with van der Waals surface area (Å²) in [6.07, 6.45) is 8.88. The van der Waals surface area contributed by atoms with E-state index < -0.39 is 0 Å². The van der Waals surface area contributed by atoms with Gasteiger partial charge in [0.1, 0.15) is 5.75 Å². The molecule has 0 bridgehead atoms. The maximum absolute atomic E-state index is 13.5. The van der Waals surface area contributed by atoms with Crippen molar-refractivity contribution in [3.05, 3.63) is 59.7 Å². The number of hydrogen-bond acceptors (Lipinski definition) is 6. The van der Waals surface area contributed by atoms with E-state index in [1.54, 1.807) is 14.0 Å². The quantitative estimate of drug-likeness (QED) is 0.280. The molecule has 0 aromatic heterocycles. The molecular formula is C31H45N5O2. The van der Waals surface area contributed by atoms with Crippen LogP contribution in [0.1, 0.15) is 64.0 Å². The molecule has 3 N–H and O–H groups in total. The van der Waals surface area contributed by atoms with E-state index in [4.69, 9.17) is 15.9 Å². The Morgan fingerprint density at radius 3 is 2.55 bits per heavy atom. The van der Waals surface area contributed by atoms with Gasteiger partial charge in [0, 0.05) is 18.7 Å². The third-order valence-electron chi connectivity index (χ3n) is 7.22. The molecule has 2 unspecified atom stereocenters. The highest BCUT2D eigenvalue weighted by atomic mass is 16.5. The fourth-order valence-electron chi connectivity index (χ4n) is 5.27. The van der Waals surface area contributed by atoms with Crippen molar-refractivity contribution in [3.8, 4) is 5.75 Å². The second kappa shape index (κ2) is 14.1. The Hall–Kier alpha value is -3.16. The normalized spacial score (nSPS) is 18.9. The molecule has 3 rings (SSSR count). The number of carbonyl (C=O) groups is 1. The number of ether oxygens (including phenoxy) is 1. The molecule has 1 fully saturated rings. The Balaban J connectivity index is 2.00. The number of nitrogens with one attached hydrogen (secondary N) is 1. The number of benzene rings is 2. The van der Waals surface area contributed by atoms with Gasteiger partial charge < -0.3 is 20.8 Å². The number of hydrazine groups is 1. The number of anilines is 2. The van der Waals surface area contributed by atoms with Gasteiger partial charge in [0.2, 0.25) is 5.91 Å². The number of methoxy groups -OCH3 is 1. The number of hydrogen-bond donors (Lipinski definition) is 2. The zero-order valence-corrected chi connectivity index (χ0v) is 23.7. The van der Waals surface area contributed by atoms with Crippen LogP contribution in [0, 0.1) is 18.3 Å². The average molecular weight is 520 g/mol. The third kappa shape index (κ3) is 7.23. The van der Waals surface area contributed by atoms with E-state index in [-0.39, 0.29) is 11.9 Å². The van der Waals surface area contributed by atoms with E-state index in [1.807, 2.05) is 22.0 Å². The van der Waals surface area contributed by atoms with Crippen molar-refractivity contribution in [2.24, 2.45) is 11.7 Å². The number of carbonyl (C=O) groups excluding carboxylic acids is 1. The van der Waals surface area contributed by atoms with E-state index in [2.05, 4.69) is 68.3 Å². The Bertz CT molecular complexity index is 1100. The van der Waals surface area contributed by atoms with Crippen LogP contribution in [0.15, 0.2) is 48.5 Å². The van der Waals surface area contributed by atoms with E-state index >= 15 is 0 Å². The van der Waals surface area contributed by atoms with Gasteiger partial charge >= 0.3 is 0 Å². The van der Waals surface area contributed by atoms with Crippen LogP contribution < -0.4 is 20.4 Å². The molecule has 1 aliphatic rings. The van der Waals surface area contributed by atoms with Gasteiger partial charge in [-0.15, -0.1) is 0 Å². The van der Waals surface area contributed by atoms with E-state index in [0.29, 0.717) is 31.3 Å². The summed E-state index contributed by atoms with van der Waals surface area (Å²) >= 11 is 0. The molecule has 0 spiro atoms. The van der Waals surface area contributed by atoms with Crippen LogP contribution in [0.5, 0.6) is 5.75 Å². The van der Waals surface area contributed by atoms with Crippen molar-refractivity contribution >= 4 is 29.1 Å². The molecule has 1 saturated heterocycles. The summed E-state index contributed by atoms with van der Waals surface area (Å²) in [6, 6.07) is 14.4. The van der Waals surface area contributed by atoms with E-state index in [1.165, 1.54) is 5.56 Å². The Labute approximate surface area is 228 Å². The van der Waals surface area contributed by atoms with Crippen LogP contribution in [0.4, 0.5) is 11.4 Å². The summed E-state index contributed by atoms with van der Waals surface area (Å²) < 4.78 is 5.71. The minimum absolute atomic E-state index is 0.0808. The van der Waals surface area contributed by atoms with Crippen molar-refractivity contribution in [3.63, 3.8) is 0 Å². The van der Waals surface area contributed by atoms with Crippen molar-refractivity contribution < 1.29 is 9.53 Å². The Morgan fingerprint density at radius 2 is 1.95 bits per heavy atom. The highest BCUT2D eigenvalue weighted by Crippen LogP contribution is 2.33. The molecule has 7 nitrogen and oxygen atoms in total. The van der Waals surface area contributed by atoms with Crippen molar-refractivity contribution in [2.75, 3.05) is 36.8 Å². The largest absolute Gasteiger partial charge is 0.495 e. The van der Waals surface area contributed by atoms with Gasteiger partial charge in [-0.1, -0.05) is 56.2 Å². The fourth-order valence-corrected chi connectivity index (χ4v) is 5.27. The van der Waals surface area contributed by atoms with E-state index in [9.17, 15) is 4.79 Å². The first-order chi connectivity index (χ1) is 18.3. The zero-order valence-electron chi connectivity index (χ0n) is 23.7. The average Bonchev–Trinajstić information content (AvgIpc) is 2.90. The molecular weight excluding hydrogens is 474 g/mol. The van der Waals surface area contributed by atoms with Crippen LogP contribution in [0.3, 0.4) is 0 Å². The Kier molecular flexibility index (Phi) is 10.9. The molecule has 1 aliphatic heterocycles. The first-order valence-electron chi connectivity index (χ1n) is 13.8. The first-order valence-corrected chi connectivity index (χ1v) is 13.8. The minimum Gasteiger partial charge on any atom is -0.495 e. The van der Waals surface area contributed by atoms with Crippen molar-refractivity contribution in [2.45, 2.75) is 65.8 Å². The summed E-state index contributed by atoms with van der Waals surface area (Å²) in [5.74, 6) is 1.32. The van der Waals surface area contributed by atoms with Gasteiger partial charge in [0.05, 0.1) is 37.7 Å². The van der Waals surface area contributed by atoms with Gasteiger partial charge in [-0.3, -0.25) is 4.79 Å². The molecule has 2 aromatic carbocycles. The molecule has 1 heterocycles. The zero-order chi connectivity index (χ0) is 27.7. The van der Waals surface area contributed by atoms with Crippen LogP contribution in [0.25, 0.3) is 6.08 Å². The summed E-state index contributed by atoms with van der Waals surface area (Å²) in [5, 5.41) is 12.1. The lowest BCUT2D eigenvalue weighted by Gasteiger charge is -2.44. The predicted molar refractivity (Wildman–Crippen MR) is 159 cm³/mol. The Morgan fingerprint density at radius 1 is 1.21 bits per heavy atom. The molecule has 0 saturated carbocycles. The molecule has 1 amide bonds. The summed E-state index contributed by atoms with van der Waals surface area (Å²) in [7, 11) is 1.66. The highest BCUT2D eigenvalue weighted by Gasteiger charge is 2.34.